The molecule has 11 heteroatoms. The van der Waals surface area contributed by atoms with Crippen LogP contribution >= 0.6 is 11.6 Å². The lowest BCUT2D eigenvalue weighted by Crippen LogP contribution is -2.66. The molecule has 4 fully saturated rings. The molecule has 2 heterocycles. The number of nitrogens with one attached hydrogen (secondary N) is 1. The number of carbonyl (C=O) groups is 1. The number of pyridine rings is 2. The van der Waals surface area contributed by atoms with E-state index < -0.39 is 34.3 Å². The van der Waals surface area contributed by atoms with Gasteiger partial charge in [-0.25, -0.2) is 9.37 Å². The van der Waals surface area contributed by atoms with Crippen molar-refractivity contribution in [3.63, 3.8) is 0 Å². The minimum absolute atomic E-state index is 0.0385. The van der Waals surface area contributed by atoms with E-state index in [0.29, 0.717) is 24.3 Å². The van der Waals surface area contributed by atoms with Crippen molar-refractivity contribution in [3.05, 3.63) is 63.2 Å². The van der Waals surface area contributed by atoms with Gasteiger partial charge in [-0.3, -0.25) is 14.2 Å². The van der Waals surface area contributed by atoms with Crippen molar-refractivity contribution in [1.29, 1.82) is 0 Å². The van der Waals surface area contributed by atoms with Crippen molar-refractivity contribution in [3.8, 4) is 5.69 Å². The van der Waals surface area contributed by atoms with E-state index in [4.69, 9.17) is 11.6 Å². The normalized spacial score (nSPS) is 27.7. The van der Waals surface area contributed by atoms with Crippen molar-refractivity contribution in [1.82, 2.24) is 14.9 Å². The Bertz CT molecular complexity index is 1550. The van der Waals surface area contributed by atoms with Gasteiger partial charge in [0.1, 0.15) is 17.2 Å². The van der Waals surface area contributed by atoms with Crippen LogP contribution in [0.4, 0.5) is 23.4 Å². The standard InChI is InChI=1S/C28H27ClF4N4O2/c1-36(2)22-6-4-18-23(38)19(13-37(24(18)34-22)21-5-3-17(30)8-20(21)29)25(39)35-27-11-15-7-16(12-27)10-26(9-15,14-27)28(31,32)33/h3-6,8,13,15-16H,7,9-12,14H2,1-2H3,(H,35,39). The first-order valence-electron chi connectivity index (χ1n) is 12.9. The zero-order valence-corrected chi connectivity index (χ0v) is 22.2. The van der Waals surface area contributed by atoms with Gasteiger partial charge in [-0.1, -0.05) is 11.6 Å². The van der Waals surface area contributed by atoms with Crippen LogP contribution < -0.4 is 15.6 Å². The molecule has 206 valence electrons. The second-order valence-electron chi connectivity index (χ2n) is 11.7. The fourth-order valence-electron chi connectivity index (χ4n) is 7.51. The first-order valence-corrected chi connectivity index (χ1v) is 13.3. The largest absolute Gasteiger partial charge is 0.394 e. The summed E-state index contributed by atoms with van der Waals surface area (Å²) >= 11 is 6.36. The van der Waals surface area contributed by atoms with Crippen LogP contribution in [-0.2, 0) is 0 Å². The maximum Gasteiger partial charge on any atom is 0.394 e. The molecule has 2 aromatic heterocycles. The quantitative estimate of drug-likeness (QED) is 0.404. The summed E-state index contributed by atoms with van der Waals surface area (Å²) in [5, 5.41) is 3.07. The fourth-order valence-corrected chi connectivity index (χ4v) is 7.77. The Morgan fingerprint density at radius 3 is 2.44 bits per heavy atom. The maximum atomic E-state index is 14.2. The highest BCUT2D eigenvalue weighted by Gasteiger charge is 2.67. The van der Waals surface area contributed by atoms with Gasteiger partial charge in [0, 0.05) is 25.8 Å². The molecule has 4 aliphatic carbocycles. The van der Waals surface area contributed by atoms with Gasteiger partial charge in [0.25, 0.3) is 5.91 Å². The molecule has 39 heavy (non-hydrogen) atoms. The van der Waals surface area contributed by atoms with Gasteiger partial charge in [0.15, 0.2) is 5.65 Å². The molecular formula is C28H27ClF4N4O2. The summed E-state index contributed by atoms with van der Waals surface area (Å²) in [6, 6.07) is 6.91. The average Bonchev–Trinajstić information content (AvgIpc) is 2.82. The van der Waals surface area contributed by atoms with Crippen molar-refractivity contribution in [2.75, 3.05) is 19.0 Å². The topological polar surface area (TPSA) is 67.2 Å². The summed E-state index contributed by atoms with van der Waals surface area (Å²) in [4.78, 5) is 33.6. The second kappa shape index (κ2) is 8.68. The molecule has 1 N–H and O–H groups in total. The lowest BCUT2D eigenvalue weighted by Gasteiger charge is -2.62. The van der Waals surface area contributed by atoms with E-state index in [-0.39, 0.29) is 52.7 Å². The third-order valence-electron chi connectivity index (χ3n) is 8.75. The molecule has 1 amide bonds. The number of hydrogen-bond donors (Lipinski definition) is 1. The van der Waals surface area contributed by atoms with Crippen LogP contribution in [0.3, 0.4) is 0 Å². The smallest absolute Gasteiger partial charge is 0.363 e. The van der Waals surface area contributed by atoms with Gasteiger partial charge in [-0.05, 0) is 80.7 Å². The van der Waals surface area contributed by atoms with Gasteiger partial charge in [0.2, 0.25) is 5.43 Å². The highest BCUT2D eigenvalue weighted by atomic mass is 35.5. The van der Waals surface area contributed by atoms with Crippen LogP contribution in [0.15, 0.2) is 41.3 Å². The van der Waals surface area contributed by atoms with Crippen LogP contribution in [0.2, 0.25) is 5.02 Å². The zero-order valence-electron chi connectivity index (χ0n) is 21.4. The lowest BCUT2D eigenvalue weighted by molar-refractivity contribution is -0.277. The summed E-state index contributed by atoms with van der Waals surface area (Å²) < 4.78 is 58.0. The summed E-state index contributed by atoms with van der Waals surface area (Å²) in [6.07, 6.45) is -1.38. The van der Waals surface area contributed by atoms with Crippen LogP contribution in [0, 0.1) is 23.1 Å². The molecular weight excluding hydrogens is 536 g/mol. The van der Waals surface area contributed by atoms with Gasteiger partial charge in [0.05, 0.1) is 21.5 Å². The number of aromatic nitrogens is 2. The summed E-state index contributed by atoms with van der Waals surface area (Å²) in [7, 11) is 3.56. The molecule has 2 atom stereocenters. The first kappa shape index (κ1) is 26.1. The number of rotatable bonds is 4. The predicted molar refractivity (Wildman–Crippen MR) is 140 cm³/mol. The molecule has 0 aliphatic heterocycles. The number of hydrogen-bond acceptors (Lipinski definition) is 4. The highest BCUT2D eigenvalue weighted by molar-refractivity contribution is 6.32. The van der Waals surface area contributed by atoms with Crippen LogP contribution in [0.5, 0.6) is 0 Å². The SMILES string of the molecule is CN(C)c1ccc2c(=O)c(C(=O)NC34CC5CC(C3)CC(C(F)(F)F)(C5)C4)cn(-c3ccc(F)cc3Cl)c2n1. The summed E-state index contributed by atoms with van der Waals surface area (Å²) in [5.41, 5.74) is -3.15. The van der Waals surface area contributed by atoms with Crippen LogP contribution in [-0.4, -0.2) is 41.3 Å². The second-order valence-corrected chi connectivity index (χ2v) is 12.2. The molecule has 0 spiro atoms. The molecule has 4 saturated carbocycles. The molecule has 3 aromatic rings. The van der Waals surface area contributed by atoms with Crippen molar-refractivity contribution >= 4 is 34.4 Å². The molecule has 2 unspecified atom stereocenters. The van der Waals surface area contributed by atoms with E-state index >= 15 is 0 Å². The van der Waals surface area contributed by atoms with E-state index in [1.165, 1.54) is 22.9 Å². The maximum absolute atomic E-state index is 14.2. The Hall–Kier alpha value is -3.14. The molecule has 7 rings (SSSR count). The number of halogens is 5. The van der Waals surface area contributed by atoms with E-state index in [1.807, 2.05) is 0 Å². The number of amides is 1. The molecule has 1 aromatic carbocycles. The van der Waals surface area contributed by atoms with Crippen LogP contribution in [0.1, 0.15) is 48.9 Å². The van der Waals surface area contributed by atoms with E-state index in [1.54, 1.807) is 31.1 Å². The number of fused-ring (bicyclic) bond motifs is 1. The number of nitrogens with zero attached hydrogens (tertiary/aromatic N) is 3. The monoisotopic (exact) mass is 562 g/mol. The van der Waals surface area contributed by atoms with Crippen LogP contribution in [0.25, 0.3) is 16.7 Å². The number of anilines is 1. The minimum Gasteiger partial charge on any atom is -0.363 e. The Morgan fingerprint density at radius 1 is 1.13 bits per heavy atom. The Morgan fingerprint density at radius 2 is 1.82 bits per heavy atom. The van der Waals surface area contributed by atoms with Crippen molar-refractivity contribution in [2.24, 2.45) is 17.3 Å². The molecule has 0 radical (unpaired) electrons. The number of benzene rings is 1. The number of alkyl halides is 3. The average molecular weight is 563 g/mol. The fraction of sp³-hybridized carbons (Fsp3) is 0.464. The van der Waals surface area contributed by atoms with Gasteiger partial charge in [-0.15, -0.1) is 0 Å². The zero-order chi connectivity index (χ0) is 27.9. The minimum atomic E-state index is -4.36. The summed E-state index contributed by atoms with van der Waals surface area (Å²) in [5.74, 6) is -0.988. The highest BCUT2D eigenvalue weighted by Crippen LogP contribution is 2.66. The first-order chi connectivity index (χ1) is 18.3. The third-order valence-corrected chi connectivity index (χ3v) is 9.05. The van der Waals surface area contributed by atoms with Gasteiger partial charge >= 0.3 is 6.18 Å². The summed E-state index contributed by atoms with van der Waals surface area (Å²) in [6.45, 7) is 0. The van der Waals surface area contributed by atoms with Gasteiger partial charge in [-0.2, -0.15) is 13.2 Å². The third kappa shape index (κ3) is 4.18. The van der Waals surface area contributed by atoms with E-state index in [2.05, 4.69) is 10.3 Å². The molecule has 0 saturated heterocycles. The molecule has 4 aliphatic rings. The van der Waals surface area contributed by atoms with E-state index in [0.717, 1.165) is 12.5 Å². The van der Waals surface area contributed by atoms with E-state index in [9.17, 15) is 27.2 Å². The Labute approximate surface area is 227 Å². The predicted octanol–water partition coefficient (Wildman–Crippen LogP) is 5.88. The Balaban J connectivity index is 1.46. The van der Waals surface area contributed by atoms with Crippen molar-refractivity contribution in [2.45, 2.75) is 50.2 Å². The Kier molecular flexibility index (Phi) is 5.81. The molecule has 6 nitrogen and oxygen atoms in total. The van der Waals surface area contributed by atoms with Gasteiger partial charge < -0.3 is 10.2 Å². The molecule has 4 bridgehead atoms. The number of carbonyl (C=O) groups excluding carboxylic acids is 1. The van der Waals surface area contributed by atoms with Crippen molar-refractivity contribution < 1.29 is 22.4 Å². The lowest BCUT2D eigenvalue weighted by atomic mass is 9.46.